The van der Waals surface area contributed by atoms with Crippen molar-refractivity contribution < 1.29 is 14.8 Å². The van der Waals surface area contributed by atoms with Crippen molar-refractivity contribution >= 4 is 33.3 Å². The molecule has 8 heteroatoms. The van der Waals surface area contributed by atoms with E-state index in [1.165, 1.54) is 18.0 Å². The molecule has 20 heavy (non-hydrogen) atoms. The van der Waals surface area contributed by atoms with Gasteiger partial charge in [0.2, 0.25) is 0 Å². The van der Waals surface area contributed by atoms with Crippen LogP contribution in [0.5, 0.6) is 0 Å². The molecule has 0 heterocycles. The summed E-state index contributed by atoms with van der Waals surface area (Å²) in [5.74, 6) is 0. The van der Waals surface area contributed by atoms with Crippen molar-refractivity contribution in [2.24, 2.45) is 0 Å². The first-order valence-electron chi connectivity index (χ1n) is 5.87. The van der Waals surface area contributed by atoms with Crippen LogP contribution in [0.2, 0.25) is 0 Å². The number of urea groups is 1. The smallest absolute Gasteiger partial charge is 0.321 e. The molecule has 1 aromatic carbocycles. The third kappa shape index (κ3) is 3.67. The number of amides is 2. The van der Waals surface area contributed by atoms with Crippen LogP contribution >= 0.6 is 15.9 Å². The predicted molar refractivity (Wildman–Crippen MR) is 78.9 cm³/mol. The summed E-state index contributed by atoms with van der Waals surface area (Å²) < 4.78 is 0.555. The van der Waals surface area contributed by atoms with Gasteiger partial charge in [0.1, 0.15) is 0 Å². The number of likely N-dealkylation sites (N-methyl/N-ethyl adjacent to an activating group) is 1. The lowest BCUT2D eigenvalue weighted by atomic mass is 10.2. The second kappa shape index (κ2) is 6.67. The third-order valence-corrected chi connectivity index (χ3v) is 3.63. The first kappa shape index (κ1) is 16.4. The van der Waals surface area contributed by atoms with Crippen LogP contribution in [0.3, 0.4) is 0 Å². The molecule has 1 rings (SSSR count). The summed E-state index contributed by atoms with van der Waals surface area (Å²) in [5.41, 5.74) is 0.739. The number of carbonyl (C=O) groups is 1. The summed E-state index contributed by atoms with van der Waals surface area (Å²) >= 11 is 3.26. The van der Waals surface area contributed by atoms with E-state index in [4.69, 9.17) is 5.11 Å². The number of nitrogens with zero attached hydrogens (tertiary/aromatic N) is 2. The maximum atomic E-state index is 11.9. The fraction of sp³-hybridized carbons (Fsp3) is 0.417. The van der Waals surface area contributed by atoms with Gasteiger partial charge >= 0.3 is 6.03 Å². The van der Waals surface area contributed by atoms with Crippen molar-refractivity contribution in [2.45, 2.75) is 19.9 Å². The molecular formula is C12H16BrN3O4. The van der Waals surface area contributed by atoms with E-state index in [1.807, 2.05) is 0 Å². The normalized spacial score (nSPS) is 11.8. The van der Waals surface area contributed by atoms with E-state index in [0.29, 0.717) is 15.7 Å². The monoisotopic (exact) mass is 345 g/mol. The molecule has 2 N–H and O–H groups in total. The molecule has 0 saturated heterocycles. The highest BCUT2D eigenvalue weighted by Gasteiger charge is 2.19. The molecule has 0 unspecified atom stereocenters. The quantitative estimate of drug-likeness (QED) is 0.647. The number of hydrogen-bond acceptors (Lipinski definition) is 4. The van der Waals surface area contributed by atoms with E-state index in [-0.39, 0.29) is 18.3 Å². The molecule has 0 aromatic heterocycles. The van der Waals surface area contributed by atoms with E-state index in [0.717, 1.165) is 0 Å². The number of halogens is 1. The molecule has 0 aliphatic rings. The van der Waals surface area contributed by atoms with Crippen molar-refractivity contribution in [3.05, 3.63) is 32.3 Å². The van der Waals surface area contributed by atoms with Gasteiger partial charge in [0.15, 0.2) is 0 Å². The minimum absolute atomic E-state index is 0.0682. The Labute approximate surface area is 124 Å². The first-order chi connectivity index (χ1) is 9.27. The van der Waals surface area contributed by atoms with Crippen molar-refractivity contribution in [3.63, 3.8) is 0 Å². The van der Waals surface area contributed by atoms with Crippen LogP contribution in [0, 0.1) is 17.0 Å². The molecule has 0 aliphatic heterocycles. The maximum absolute atomic E-state index is 11.9. The lowest BCUT2D eigenvalue weighted by molar-refractivity contribution is -0.385. The topological polar surface area (TPSA) is 95.7 Å². The molecule has 1 aromatic rings. The fourth-order valence-electron chi connectivity index (χ4n) is 1.48. The molecule has 110 valence electrons. The van der Waals surface area contributed by atoms with Gasteiger partial charge in [-0.15, -0.1) is 0 Å². The van der Waals surface area contributed by atoms with Gasteiger partial charge < -0.3 is 15.3 Å². The Morgan fingerprint density at radius 3 is 2.70 bits per heavy atom. The highest BCUT2D eigenvalue weighted by Crippen LogP contribution is 2.30. The van der Waals surface area contributed by atoms with Crippen molar-refractivity contribution in [1.29, 1.82) is 0 Å². The molecule has 1 atom stereocenters. The Hall–Kier alpha value is -1.67. The number of anilines is 1. The number of nitrogens with one attached hydrogen (secondary N) is 1. The van der Waals surface area contributed by atoms with E-state index in [2.05, 4.69) is 21.2 Å². The van der Waals surface area contributed by atoms with Gasteiger partial charge in [-0.05, 0) is 35.8 Å². The van der Waals surface area contributed by atoms with Gasteiger partial charge in [-0.2, -0.15) is 0 Å². The Morgan fingerprint density at radius 2 is 2.20 bits per heavy atom. The van der Waals surface area contributed by atoms with E-state index < -0.39 is 11.0 Å². The summed E-state index contributed by atoms with van der Waals surface area (Å²) in [6.07, 6.45) is 0. The van der Waals surface area contributed by atoms with Gasteiger partial charge in [0, 0.05) is 23.2 Å². The van der Waals surface area contributed by atoms with Gasteiger partial charge in [0.25, 0.3) is 5.69 Å². The van der Waals surface area contributed by atoms with Gasteiger partial charge in [0.05, 0.1) is 23.3 Å². The summed E-state index contributed by atoms with van der Waals surface area (Å²) in [7, 11) is 1.53. The van der Waals surface area contributed by atoms with Crippen molar-refractivity contribution in [2.75, 3.05) is 19.0 Å². The Kier molecular flexibility index (Phi) is 5.46. The van der Waals surface area contributed by atoms with Gasteiger partial charge in [-0.1, -0.05) is 0 Å². The zero-order valence-corrected chi connectivity index (χ0v) is 13.0. The Morgan fingerprint density at radius 1 is 1.60 bits per heavy atom. The molecule has 0 spiro atoms. The van der Waals surface area contributed by atoms with Crippen LogP contribution < -0.4 is 5.32 Å². The average molecular weight is 346 g/mol. The van der Waals surface area contributed by atoms with Crippen molar-refractivity contribution in [1.82, 2.24) is 4.90 Å². The van der Waals surface area contributed by atoms with E-state index >= 15 is 0 Å². The molecule has 0 aliphatic carbocycles. The number of rotatable bonds is 4. The largest absolute Gasteiger partial charge is 0.394 e. The Bertz CT molecular complexity index is 536. The van der Waals surface area contributed by atoms with E-state index in [9.17, 15) is 14.9 Å². The standard InChI is InChI=1S/C12H16BrN3O4/c1-7-4-9(13)10(5-11(7)16(19)20)14-12(18)15(3)8(2)6-17/h4-5,8,17H,6H2,1-3H3,(H,14,18)/t8-/m1/s1. The Balaban J connectivity index is 3.01. The minimum atomic E-state index is -0.502. The van der Waals surface area contributed by atoms with Gasteiger partial charge in [-0.25, -0.2) is 4.79 Å². The number of aliphatic hydroxyl groups is 1. The zero-order valence-electron chi connectivity index (χ0n) is 11.4. The average Bonchev–Trinajstić information content (AvgIpc) is 2.39. The third-order valence-electron chi connectivity index (χ3n) is 2.97. The minimum Gasteiger partial charge on any atom is -0.394 e. The highest BCUT2D eigenvalue weighted by atomic mass is 79.9. The number of carbonyl (C=O) groups excluding carboxylic acids is 1. The second-order valence-corrected chi connectivity index (χ2v) is 5.30. The molecule has 0 saturated carbocycles. The van der Waals surface area contributed by atoms with Crippen LogP contribution in [0.25, 0.3) is 0 Å². The number of hydrogen-bond donors (Lipinski definition) is 2. The molecule has 0 radical (unpaired) electrons. The molecule has 0 bridgehead atoms. The lowest BCUT2D eigenvalue weighted by Crippen LogP contribution is -2.40. The zero-order chi connectivity index (χ0) is 15.4. The van der Waals surface area contributed by atoms with Crippen molar-refractivity contribution in [3.8, 4) is 0 Å². The molecule has 7 nitrogen and oxygen atoms in total. The van der Waals surface area contributed by atoms with Crippen LogP contribution in [-0.2, 0) is 0 Å². The molecule has 0 fully saturated rings. The number of benzene rings is 1. The molecular weight excluding hydrogens is 330 g/mol. The highest BCUT2D eigenvalue weighted by molar-refractivity contribution is 9.10. The van der Waals surface area contributed by atoms with Crippen LogP contribution in [-0.4, -0.2) is 40.7 Å². The van der Waals surface area contributed by atoms with Crippen LogP contribution in [0.15, 0.2) is 16.6 Å². The van der Waals surface area contributed by atoms with Crippen LogP contribution in [0.4, 0.5) is 16.2 Å². The first-order valence-corrected chi connectivity index (χ1v) is 6.66. The van der Waals surface area contributed by atoms with Gasteiger partial charge in [-0.3, -0.25) is 10.1 Å². The summed E-state index contributed by atoms with van der Waals surface area (Å²) in [6.45, 7) is 3.14. The summed E-state index contributed by atoms with van der Waals surface area (Å²) in [5, 5.41) is 22.5. The van der Waals surface area contributed by atoms with Crippen LogP contribution in [0.1, 0.15) is 12.5 Å². The summed E-state index contributed by atoms with van der Waals surface area (Å²) in [6, 6.07) is 2.07. The number of aliphatic hydroxyl groups excluding tert-OH is 1. The lowest BCUT2D eigenvalue weighted by Gasteiger charge is -2.23. The SMILES string of the molecule is Cc1cc(Br)c(NC(=O)N(C)[C@H](C)CO)cc1[N+](=O)[O-]. The molecule has 2 amide bonds. The maximum Gasteiger partial charge on any atom is 0.321 e. The predicted octanol–water partition coefficient (Wildman–Crippen LogP) is 2.51. The summed E-state index contributed by atoms with van der Waals surface area (Å²) in [4.78, 5) is 23.7. The number of nitro benzene ring substituents is 1. The fourth-order valence-corrected chi connectivity index (χ4v) is 2.04. The second-order valence-electron chi connectivity index (χ2n) is 4.45. The number of nitro groups is 1. The van der Waals surface area contributed by atoms with E-state index in [1.54, 1.807) is 19.9 Å². The number of aryl methyl sites for hydroxylation is 1.